The molecule has 0 aliphatic rings. The average molecular weight is 224 g/mol. The molecule has 1 rings (SSSR count). The summed E-state index contributed by atoms with van der Waals surface area (Å²) in [5.74, 6) is 1.19. The zero-order valence-corrected chi connectivity index (χ0v) is 10.3. The first kappa shape index (κ1) is 12.5. The lowest BCUT2D eigenvalue weighted by Crippen LogP contribution is -1.84. The van der Waals surface area contributed by atoms with Crippen molar-refractivity contribution in [1.82, 2.24) is 9.97 Å². The molecule has 0 N–H and O–H groups in total. The minimum atomic E-state index is 1.19. The molecule has 1 aromatic rings. The molecule has 0 atom stereocenters. The van der Waals surface area contributed by atoms with Crippen LogP contribution >= 0.6 is 11.8 Å². The smallest absolute Gasteiger partial charge is 0.115 e. The maximum atomic E-state index is 3.99. The molecule has 0 bridgehead atoms. The van der Waals surface area contributed by atoms with Gasteiger partial charge in [0.25, 0.3) is 0 Å². The van der Waals surface area contributed by atoms with Crippen molar-refractivity contribution in [3.8, 4) is 0 Å². The summed E-state index contributed by atoms with van der Waals surface area (Å²) in [6.45, 7) is 2.26. The Kier molecular flexibility index (Phi) is 7.26. The first-order chi connectivity index (χ1) is 7.43. The van der Waals surface area contributed by atoms with E-state index >= 15 is 0 Å². The van der Waals surface area contributed by atoms with Crippen molar-refractivity contribution >= 4 is 11.8 Å². The van der Waals surface area contributed by atoms with Crippen LogP contribution in [0.25, 0.3) is 0 Å². The Morgan fingerprint density at radius 2 is 1.67 bits per heavy atom. The van der Waals surface area contributed by atoms with Crippen LogP contribution in [0.4, 0.5) is 0 Å². The highest BCUT2D eigenvalue weighted by Crippen LogP contribution is 2.17. The van der Waals surface area contributed by atoms with Crippen molar-refractivity contribution in [1.29, 1.82) is 0 Å². The van der Waals surface area contributed by atoms with E-state index in [4.69, 9.17) is 0 Å². The van der Waals surface area contributed by atoms with Crippen molar-refractivity contribution in [2.45, 2.75) is 50.3 Å². The average Bonchev–Trinajstić information content (AvgIpc) is 2.29. The van der Waals surface area contributed by atoms with Crippen LogP contribution in [0.2, 0.25) is 0 Å². The molecule has 0 aliphatic heterocycles. The van der Waals surface area contributed by atoms with E-state index in [0.717, 1.165) is 0 Å². The van der Waals surface area contributed by atoms with Gasteiger partial charge in [-0.15, -0.1) is 11.8 Å². The molecule has 3 heteroatoms. The number of thioether (sulfide) groups is 1. The first-order valence-corrected chi connectivity index (χ1v) is 6.80. The molecule has 0 aromatic carbocycles. The number of nitrogens with zero attached hydrogens (tertiary/aromatic N) is 2. The van der Waals surface area contributed by atoms with Gasteiger partial charge < -0.3 is 0 Å². The molecule has 0 spiro atoms. The Morgan fingerprint density at radius 1 is 1.00 bits per heavy atom. The fourth-order valence-electron chi connectivity index (χ4n) is 1.43. The van der Waals surface area contributed by atoms with E-state index in [1.165, 1.54) is 49.2 Å². The largest absolute Gasteiger partial charge is 0.244 e. The van der Waals surface area contributed by atoms with Gasteiger partial charge in [0.1, 0.15) is 6.33 Å². The molecular formula is C12H20N2S. The van der Waals surface area contributed by atoms with Crippen LogP contribution in [0, 0.1) is 0 Å². The highest BCUT2D eigenvalue weighted by molar-refractivity contribution is 7.99. The monoisotopic (exact) mass is 224 g/mol. The van der Waals surface area contributed by atoms with Crippen molar-refractivity contribution in [2.24, 2.45) is 0 Å². The number of aromatic nitrogens is 2. The van der Waals surface area contributed by atoms with Crippen molar-refractivity contribution in [3.05, 3.63) is 18.7 Å². The molecule has 1 aromatic heterocycles. The molecule has 0 radical (unpaired) electrons. The van der Waals surface area contributed by atoms with Gasteiger partial charge in [-0.25, -0.2) is 9.97 Å². The minimum absolute atomic E-state index is 1.19. The topological polar surface area (TPSA) is 25.8 Å². The van der Waals surface area contributed by atoms with E-state index < -0.39 is 0 Å². The quantitative estimate of drug-likeness (QED) is 0.494. The van der Waals surface area contributed by atoms with E-state index in [1.807, 2.05) is 24.2 Å². The SMILES string of the molecule is CCCCCCCCSc1cncnc1. The van der Waals surface area contributed by atoms with E-state index in [9.17, 15) is 0 Å². The number of rotatable bonds is 8. The van der Waals surface area contributed by atoms with Gasteiger partial charge in [-0.05, 0) is 12.2 Å². The van der Waals surface area contributed by atoms with Gasteiger partial charge in [0.2, 0.25) is 0 Å². The molecule has 1 heterocycles. The minimum Gasteiger partial charge on any atom is -0.244 e. The lowest BCUT2D eigenvalue weighted by atomic mass is 10.1. The number of hydrogen-bond donors (Lipinski definition) is 0. The summed E-state index contributed by atoms with van der Waals surface area (Å²) in [6.07, 6.45) is 13.5. The van der Waals surface area contributed by atoms with Gasteiger partial charge in [-0.1, -0.05) is 39.0 Å². The third-order valence-corrected chi connectivity index (χ3v) is 3.34. The van der Waals surface area contributed by atoms with Gasteiger partial charge >= 0.3 is 0 Å². The van der Waals surface area contributed by atoms with E-state index in [1.54, 1.807) is 6.33 Å². The van der Waals surface area contributed by atoms with Crippen LogP contribution < -0.4 is 0 Å². The molecule has 0 saturated heterocycles. The highest BCUT2D eigenvalue weighted by Gasteiger charge is 1.94. The van der Waals surface area contributed by atoms with Gasteiger partial charge in [0, 0.05) is 17.3 Å². The van der Waals surface area contributed by atoms with Crippen LogP contribution in [0.3, 0.4) is 0 Å². The third kappa shape index (κ3) is 6.50. The fraction of sp³-hybridized carbons (Fsp3) is 0.667. The second kappa shape index (κ2) is 8.72. The Hall–Kier alpha value is -0.570. The normalized spacial score (nSPS) is 10.5. The molecular weight excluding hydrogens is 204 g/mol. The number of unbranched alkanes of at least 4 members (excludes halogenated alkanes) is 5. The first-order valence-electron chi connectivity index (χ1n) is 5.81. The summed E-state index contributed by atoms with van der Waals surface area (Å²) in [4.78, 5) is 9.17. The zero-order valence-electron chi connectivity index (χ0n) is 9.48. The standard InChI is InChI=1S/C12H20N2S/c1-2-3-4-5-6-7-8-15-12-9-13-11-14-10-12/h9-11H,2-8H2,1H3. The molecule has 0 amide bonds. The molecule has 15 heavy (non-hydrogen) atoms. The molecule has 0 saturated carbocycles. The Morgan fingerprint density at radius 3 is 2.40 bits per heavy atom. The van der Waals surface area contributed by atoms with E-state index in [2.05, 4.69) is 16.9 Å². The summed E-state index contributed by atoms with van der Waals surface area (Å²) in [7, 11) is 0. The van der Waals surface area contributed by atoms with E-state index in [0.29, 0.717) is 0 Å². The predicted molar refractivity (Wildman–Crippen MR) is 66.1 cm³/mol. The Balaban J connectivity index is 1.93. The van der Waals surface area contributed by atoms with Gasteiger partial charge in [0.15, 0.2) is 0 Å². The lowest BCUT2D eigenvalue weighted by molar-refractivity contribution is 0.627. The Labute approximate surface area is 96.9 Å². The second-order valence-electron chi connectivity index (χ2n) is 3.69. The maximum Gasteiger partial charge on any atom is 0.115 e. The molecule has 2 nitrogen and oxygen atoms in total. The molecule has 0 fully saturated rings. The summed E-state index contributed by atoms with van der Waals surface area (Å²) >= 11 is 1.86. The lowest BCUT2D eigenvalue weighted by Gasteiger charge is -2.00. The van der Waals surface area contributed by atoms with Crippen LogP contribution in [0.1, 0.15) is 45.4 Å². The van der Waals surface area contributed by atoms with Crippen LogP contribution in [0.15, 0.2) is 23.6 Å². The fourth-order valence-corrected chi connectivity index (χ4v) is 2.29. The zero-order chi connectivity index (χ0) is 10.8. The second-order valence-corrected chi connectivity index (χ2v) is 4.86. The van der Waals surface area contributed by atoms with Crippen LogP contribution in [0.5, 0.6) is 0 Å². The molecule has 0 aliphatic carbocycles. The third-order valence-electron chi connectivity index (χ3n) is 2.30. The maximum absolute atomic E-state index is 3.99. The highest BCUT2D eigenvalue weighted by atomic mass is 32.2. The van der Waals surface area contributed by atoms with Crippen molar-refractivity contribution in [2.75, 3.05) is 5.75 Å². The Bertz CT molecular complexity index is 239. The van der Waals surface area contributed by atoms with E-state index in [-0.39, 0.29) is 0 Å². The van der Waals surface area contributed by atoms with Crippen LogP contribution in [-0.4, -0.2) is 15.7 Å². The number of hydrogen-bond acceptors (Lipinski definition) is 3. The van der Waals surface area contributed by atoms with Gasteiger partial charge in [0.05, 0.1) is 0 Å². The molecule has 0 unspecified atom stereocenters. The summed E-state index contributed by atoms with van der Waals surface area (Å²) < 4.78 is 0. The molecule has 84 valence electrons. The van der Waals surface area contributed by atoms with Crippen molar-refractivity contribution < 1.29 is 0 Å². The van der Waals surface area contributed by atoms with Gasteiger partial charge in [-0.2, -0.15) is 0 Å². The van der Waals surface area contributed by atoms with Crippen molar-refractivity contribution in [3.63, 3.8) is 0 Å². The predicted octanol–water partition coefficient (Wildman–Crippen LogP) is 3.93. The van der Waals surface area contributed by atoms with Gasteiger partial charge in [-0.3, -0.25) is 0 Å². The summed E-state index contributed by atoms with van der Waals surface area (Å²) in [5, 5.41) is 0. The van der Waals surface area contributed by atoms with Crippen LogP contribution in [-0.2, 0) is 0 Å². The summed E-state index contributed by atoms with van der Waals surface area (Å²) in [5.41, 5.74) is 0. The summed E-state index contributed by atoms with van der Waals surface area (Å²) in [6, 6.07) is 0.